The van der Waals surface area contributed by atoms with Gasteiger partial charge >= 0.3 is 5.97 Å². The zero-order valence-electron chi connectivity index (χ0n) is 32.3. The third kappa shape index (κ3) is 6.42. The number of ether oxygens (including phenoxy) is 7. The summed E-state index contributed by atoms with van der Waals surface area (Å²) in [6.45, 7) is 10.6. The van der Waals surface area contributed by atoms with Gasteiger partial charge in [-0.15, -0.1) is 0 Å². The highest BCUT2D eigenvalue weighted by Crippen LogP contribution is 2.71. The van der Waals surface area contributed by atoms with Crippen LogP contribution in [0.1, 0.15) is 92.4 Å². The summed E-state index contributed by atoms with van der Waals surface area (Å²) >= 11 is 0. The number of aliphatic hydroxyl groups is 5. The van der Waals surface area contributed by atoms with Gasteiger partial charge in [0.1, 0.15) is 42.4 Å². The van der Waals surface area contributed by atoms with Crippen molar-refractivity contribution in [2.75, 3.05) is 19.8 Å². The molecule has 0 aromatic carbocycles. The molecule has 0 bridgehead atoms. The minimum absolute atomic E-state index is 0.108. The fraction of sp³-hybridized carbons (Fsp3) is 0.950. The van der Waals surface area contributed by atoms with E-state index < -0.39 is 73.2 Å². The molecule has 4 heterocycles. The van der Waals surface area contributed by atoms with Gasteiger partial charge in [-0.2, -0.15) is 0 Å². The van der Waals surface area contributed by atoms with Crippen LogP contribution in [0, 0.1) is 52.3 Å². The highest BCUT2D eigenvalue weighted by atomic mass is 16.7. The molecule has 4 aliphatic heterocycles. The summed E-state index contributed by atoms with van der Waals surface area (Å²) in [6.07, 6.45) is -5.09. The highest BCUT2D eigenvalue weighted by molar-refractivity contribution is 5.83. The molecule has 4 aliphatic carbocycles. The summed E-state index contributed by atoms with van der Waals surface area (Å²) in [5.41, 5.74) is -0.0689. The van der Waals surface area contributed by atoms with Crippen LogP contribution < -0.4 is 0 Å². The molecule has 0 aromatic rings. The Morgan fingerprint density at radius 3 is 2.35 bits per heavy atom. The maximum Gasteiger partial charge on any atom is 0.303 e. The number of carbonyl (C=O) groups excluding carboxylic acids is 2. The second-order valence-electron chi connectivity index (χ2n) is 18.8. The van der Waals surface area contributed by atoms with Crippen molar-refractivity contribution >= 4 is 11.8 Å². The van der Waals surface area contributed by atoms with E-state index in [1.165, 1.54) is 0 Å². The van der Waals surface area contributed by atoms with Crippen molar-refractivity contribution in [3.8, 4) is 0 Å². The molecule has 14 heteroatoms. The minimum Gasteiger partial charge on any atom is -0.454 e. The van der Waals surface area contributed by atoms with Gasteiger partial charge < -0.3 is 58.7 Å². The summed E-state index contributed by atoms with van der Waals surface area (Å²) in [7, 11) is 0. The molecule has 21 atom stereocenters. The predicted octanol–water partition coefficient (Wildman–Crippen LogP) is 1.83. The number of esters is 1. The Labute approximate surface area is 317 Å². The van der Waals surface area contributed by atoms with Gasteiger partial charge in [-0.1, -0.05) is 27.7 Å². The number of Topliss-reactive ketones (excluding diaryl/α,β-unsaturated/α-hetero) is 1. The van der Waals surface area contributed by atoms with Crippen LogP contribution in [0.15, 0.2) is 0 Å². The number of hydrogen-bond acceptors (Lipinski definition) is 14. The topological polar surface area (TPSA) is 200 Å². The second-order valence-corrected chi connectivity index (χ2v) is 18.8. The molecule has 5 N–H and O–H groups in total. The molecule has 8 fully saturated rings. The first-order chi connectivity index (χ1) is 25.6. The van der Waals surface area contributed by atoms with Crippen molar-refractivity contribution in [2.45, 2.75) is 166 Å². The van der Waals surface area contributed by atoms with Gasteiger partial charge in [0.05, 0.1) is 32.0 Å². The van der Waals surface area contributed by atoms with Crippen molar-refractivity contribution in [1.29, 1.82) is 0 Å². The minimum atomic E-state index is -1.62. The summed E-state index contributed by atoms with van der Waals surface area (Å²) in [5, 5.41) is 52.9. The van der Waals surface area contributed by atoms with E-state index in [0.717, 1.165) is 52.1 Å². The molecule has 54 heavy (non-hydrogen) atoms. The number of fused-ring (bicyclic) bond motifs is 7. The molecule has 8 rings (SSSR count). The van der Waals surface area contributed by atoms with Gasteiger partial charge in [-0.3, -0.25) is 9.59 Å². The average molecular weight is 767 g/mol. The third-order valence-electron chi connectivity index (χ3n) is 15.8. The van der Waals surface area contributed by atoms with E-state index in [-0.39, 0.29) is 41.8 Å². The molecule has 14 nitrogen and oxygen atoms in total. The van der Waals surface area contributed by atoms with Crippen LogP contribution in [0.4, 0.5) is 0 Å². The maximum atomic E-state index is 14.2. The number of carbonyl (C=O) groups is 2. The smallest absolute Gasteiger partial charge is 0.303 e. The average Bonchev–Trinajstić information content (AvgIpc) is 3.58. The third-order valence-corrected chi connectivity index (χ3v) is 15.8. The number of rotatable bonds is 6. The van der Waals surface area contributed by atoms with E-state index in [2.05, 4.69) is 27.7 Å². The van der Waals surface area contributed by atoms with Gasteiger partial charge in [0.2, 0.25) is 0 Å². The fourth-order valence-corrected chi connectivity index (χ4v) is 12.9. The quantitative estimate of drug-likeness (QED) is 0.194. The standard InChI is InChI=1S/C40H62O14/c1-18-6-11-40(50-15-18)19(2)30-28(54-40)14-24-22-13-26(42)25-12-21(7-9-38(25,4)23(22)8-10-39(24,30)5)52-36-34(47)33(46)32(45)29(53-36)17-49-37-35(51-20(3)41)31(44)27(43)16-48-37/h18-19,21-25,27-37,43-47H,6-17H2,1-5H3. The molecule has 21 unspecified atom stereocenters. The van der Waals surface area contributed by atoms with Crippen LogP contribution in [0.3, 0.4) is 0 Å². The number of aliphatic hydroxyl groups excluding tert-OH is 5. The molecular weight excluding hydrogens is 704 g/mol. The lowest BCUT2D eigenvalue weighted by atomic mass is 9.44. The zero-order chi connectivity index (χ0) is 38.5. The first-order valence-corrected chi connectivity index (χ1v) is 20.5. The molecule has 306 valence electrons. The Morgan fingerprint density at radius 2 is 1.63 bits per heavy atom. The maximum absolute atomic E-state index is 14.2. The summed E-state index contributed by atoms with van der Waals surface area (Å²) in [6, 6.07) is 0. The fourth-order valence-electron chi connectivity index (χ4n) is 12.9. The van der Waals surface area contributed by atoms with E-state index in [0.29, 0.717) is 54.8 Å². The first-order valence-electron chi connectivity index (χ1n) is 20.5. The van der Waals surface area contributed by atoms with Crippen molar-refractivity contribution in [2.24, 2.45) is 52.3 Å². The van der Waals surface area contributed by atoms with Gasteiger partial charge in [0, 0.05) is 31.6 Å². The largest absolute Gasteiger partial charge is 0.454 e. The lowest BCUT2D eigenvalue weighted by Gasteiger charge is -2.60. The monoisotopic (exact) mass is 766 g/mol. The van der Waals surface area contributed by atoms with Gasteiger partial charge in [0.15, 0.2) is 24.5 Å². The van der Waals surface area contributed by atoms with Crippen LogP contribution >= 0.6 is 0 Å². The summed E-state index contributed by atoms with van der Waals surface area (Å²) in [4.78, 5) is 25.9. The second kappa shape index (κ2) is 14.5. The Bertz CT molecular complexity index is 1400. The van der Waals surface area contributed by atoms with Crippen LogP contribution in [0.25, 0.3) is 0 Å². The van der Waals surface area contributed by atoms with Crippen LogP contribution in [0.5, 0.6) is 0 Å². The van der Waals surface area contributed by atoms with Crippen molar-refractivity contribution in [3.63, 3.8) is 0 Å². The Balaban J connectivity index is 0.906. The van der Waals surface area contributed by atoms with Crippen molar-refractivity contribution in [3.05, 3.63) is 0 Å². The van der Waals surface area contributed by atoms with Crippen molar-refractivity contribution < 1.29 is 68.3 Å². The van der Waals surface area contributed by atoms with E-state index in [9.17, 15) is 35.1 Å². The SMILES string of the molecule is CC(=O)OC1C(OCC2OC(OC3CCC4(C)C(C3)C(=O)CC3C4CCC4(C)C3CC3OC5(CCC(C)CO5)C(C)C34)C(O)C(O)C2O)OCC(O)C1O. The van der Waals surface area contributed by atoms with E-state index in [1.807, 2.05) is 0 Å². The molecule has 0 radical (unpaired) electrons. The Kier molecular flexibility index (Phi) is 10.6. The van der Waals surface area contributed by atoms with Crippen LogP contribution in [-0.4, -0.2) is 130 Å². The number of hydrogen-bond donors (Lipinski definition) is 5. The van der Waals surface area contributed by atoms with Gasteiger partial charge in [-0.05, 0) is 85.4 Å². The highest BCUT2D eigenvalue weighted by Gasteiger charge is 2.70. The number of ketones is 1. The molecule has 0 aromatic heterocycles. The van der Waals surface area contributed by atoms with Crippen molar-refractivity contribution in [1.82, 2.24) is 0 Å². The first kappa shape index (κ1) is 39.5. The summed E-state index contributed by atoms with van der Waals surface area (Å²) in [5.74, 6) is 1.37. The van der Waals surface area contributed by atoms with Gasteiger partial charge in [0.25, 0.3) is 0 Å². The normalized spacial score (nSPS) is 55.8. The van der Waals surface area contributed by atoms with E-state index in [1.54, 1.807) is 0 Å². The molecule has 1 spiro atoms. The van der Waals surface area contributed by atoms with E-state index in [4.69, 9.17) is 33.2 Å². The molecule has 4 saturated carbocycles. The molecule has 8 aliphatic rings. The lowest BCUT2D eigenvalue weighted by Crippen LogP contribution is -2.61. The Morgan fingerprint density at radius 1 is 0.870 bits per heavy atom. The van der Waals surface area contributed by atoms with Gasteiger partial charge in [-0.25, -0.2) is 0 Å². The molecule has 4 saturated heterocycles. The summed E-state index contributed by atoms with van der Waals surface area (Å²) < 4.78 is 42.0. The molecule has 0 amide bonds. The lowest BCUT2D eigenvalue weighted by molar-refractivity contribution is -0.330. The van der Waals surface area contributed by atoms with Crippen LogP contribution in [0.2, 0.25) is 0 Å². The Hall–Kier alpha value is -1.30. The molecular formula is C40H62O14. The van der Waals surface area contributed by atoms with Crippen LogP contribution in [-0.2, 0) is 42.7 Å². The predicted molar refractivity (Wildman–Crippen MR) is 187 cm³/mol. The van der Waals surface area contributed by atoms with E-state index >= 15 is 0 Å². The zero-order valence-corrected chi connectivity index (χ0v) is 32.3.